The molecule has 2 N–H and O–H groups in total. The Morgan fingerprint density at radius 2 is 1.75 bits per heavy atom. The van der Waals surface area contributed by atoms with E-state index in [0.29, 0.717) is 29.6 Å². The number of nitrogens with one attached hydrogen (secondary N) is 2. The van der Waals surface area contributed by atoms with Gasteiger partial charge in [0.15, 0.2) is 17.3 Å². The predicted molar refractivity (Wildman–Crippen MR) is 108 cm³/mol. The molecule has 3 rings (SSSR count). The van der Waals surface area contributed by atoms with Crippen LogP contribution in [0.4, 0.5) is 10.5 Å². The van der Waals surface area contributed by atoms with Gasteiger partial charge in [-0.1, -0.05) is 6.07 Å². The molecular weight excluding hydrogens is 356 g/mol. The fourth-order valence-electron chi connectivity index (χ4n) is 2.64. The summed E-state index contributed by atoms with van der Waals surface area (Å²) in [7, 11) is 3.16. The third-order valence-electron chi connectivity index (χ3n) is 4.10. The van der Waals surface area contributed by atoms with Crippen molar-refractivity contribution >= 4 is 11.7 Å². The Balaban J connectivity index is 1.58. The van der Waals surface area contributed by atoms with Gasteiger partial charge in [0.1, 0.15) is 0 Å². The Hall–Kier alpha value is -3.61. The van der Waals surface area contributed by atoms with Crippen LogP contribution >= 0.6 is 0 Å². The highest BCUT2D eigenvalue weighted by Crippen LogP contribution is 2.27. The average molecular weight is 378 g/mol. The van der Waals surface area contributed by atoms with E-state index in [0.717, 1.165) is 16.8 Å². The quantitative estimate of drug-likeness (QED) is 0.682. The molecule has 0 bridgehead atoms. The summed E-state index contributed by atoms with van der Waals surface area (Å²) in [4.78, 5) is 20.8. The van der Waals surface area contributed by atoms with E-state index in [1.807, 2.05) is 49.4 Å². The molecule has 0 unspecified atom stereocenters. The van der Waals surface area contributed by atoms with E-state index in [9.17, 15) is 4.79 Å². The van der Waals surface area contributed by atoms with Gasteiger partial charge < -0.3 is 20.1 Å². The molecule has 2 aromatic carbocycles. The standard InChI is InChI=1S/C21H22N4O3/c1-14-10-11-22-20(24-14)16-5-7-17(8-6-16)25-21(26)23-13-15-4-9-18(27-2)19(12-15)28-3/h4-12H,13H2,1-3H3,(H2,23,25,26). The molecule has 7 heteroatoms. The van der Waals surface area contributed by atoms with Gasteiger partial charge in [-0.15, -0.1) is 0 Å². The molecule has 1 aromatic heterocycles. The normalized spacial score (nSPS) is 10.2. The fraction of sp³-hybridized carbons (Fsp3) is 0.190. The van der Waals surface area contributed by atoms with Gasteiger partial charge in [0.05, 0.1) is 14.2 Å². The molecule has 28 heavy (non-hydrogen) atoms. The summed E-state index contributed by atoms with van der Waals surface area (Å²) in [6.45, 7) is 2.28. The molecule has 7 nitrogen and oxygen atoms in total. The number of anilines is 1. The third kappa shape index (κ3) is 4.76. The van der Waals surface area contributed by atoms with Gasteiger partial charge in [-0.05, 0) is 55.0 Å². The molecule has 3 aromatic rings. The molecule has 0 radical (unpaired) electrons. The van der Waals surface area contributed by atoms with Crippen LogP contribution in [0.3, 0.4) is 0 Å². The van der Waals surface area contributed by atoms with Crippen LogP contribution in [0, 0.1) is 6.92 Å². The minimum absolute atomic E-state index is 0.297. The number of aryl methyl sites for hydroxylation is 1. The highest BCUT2D eigenvalue weighted by Gasteiger charge is 2.07. The van der Waals surface area contributed by atoms with E-state index < -0.39 is 0 Å². The summed E-state index contributed by atoms with van der Waals surface area (Å²) in [6, 6.07) is 14.4. The van der Waals surface area contributed by atoms with Crippen molar-refractivity contribution in [3.05, 3.63) is 66.0 Å². The Labute approximate surface area is 163 Å². The van der Waals surface area contributed by atoms with Crippen molar-refractivity contribution in [3.63, 3.8) is 0 Å². The lowest BCUT2D eigenvalue weighted by Crippen LogP contribution is -2.28. The lowest BCUT2D eigenvalue weighted by molar-refractivity contribution is 0.251. The first-order valence-corrected chi connectivity index (χ1v) is 8.75. The van der Waals surface area contributed by atoms with Crippen molar-refractivity contribution < 1.29 is 14.3 Å². The number of rotatable bonds is 6. The molecule has 0 aliphatic carbocycles. The van der Waals surface area contributed by atoms with Gasteiger partial charge in [0.2, 0.25) is 0 Å². The average Bonchev–Trinajstić information content (AvgIpc) is 2.72. The highest BCUT2D eigenvalue weighted by atomic mass is 16.5. The van der Waals surface area contributed by atoms with E-state index in [1.165, 1.54) is 0 Å². The van der Waals surface area contributed by atoms with Crippen molar-refractivity contribution in [2.75, 3.05) is 19.5 Å². The molecule has 144 valence electrons. The van der Waals surface area contributed by atoms with Crippen LogP contribution < -0.4 is 20.1 Å². The van der Waals surface area contributed by atoms with Gasteiger partial charge in [-0.3, -0.25) is 0 Å². The van der Waals surface area contributed by atoms with E-state index in [4.69, 9.17) is 9.47 Å². The van der Waals surface area contributed by atoms with E-state index in [1.54, 1.807) is 26.5 Å². The molecule has 0 aliphatic heterocycles. The first-order chi connectivity index (χ1) is 13.6. The smallest absolute Gasteiger partial charge is 0.319 e. The number of urea groups is 1. The number of benzene rings is 2. The van der Waals surface area contributed by atoms with Crippen LogP contribution in [0.25, 0.3) is 11.4 Å². The second kappa shape index (κ2) is 8.85. The predicted octanol–water partition coefficient (Wildman–Crippen LogP) is 3.79. The Morgan fingerprint density at radius 3 is 2.43 bits per heavy atom. The maximum atomic E-state index is 12.2. The minimum Gasteiger partial charge on any atom is -0.493 e. The molecule has 0 spiro atoms. The van der Waals surface area contributed by atoms with Crippen LogP contribution in [0.2, 0.25) is 0 Å². The SMILES string of the molecule is COc1ccc(CNC(=O)Nc2ccc(-c3nccc(C)n3)cc2)cc1OC. The van der Waals surface area contributed by atoms with Crippen molar-refractivity contribution in [1.29, 1.82) is 0 Å². The number of carbonyl (C=O) groups is 1. The second-order valence-corrected chi connectivity index (χ2v) is 6.10. The van der Waals surface area contributed by atoms with Crippen LogP contribution in [0.5, 0.6) is 11.5 Å². The lowest BCUT2D eigenvalue weighted by atomic mass is 10.2. The third-order valence-corrected chi connectivity index (χ3v) is 4.10. The molecule has 0 saturated heterocycles. The Kier molecular flexibility index (Phi) is 6.06. The summed E-state index contributed by atoms with van der Waals surface area (Å²) in [5.74, 6) is 1.92. The number of methoxy groups -OCH3 is 2. The van der Waals surface area contributed by atoms with Crippen molar-refractivity contribution in [1.82, 2.24) is 15.3 Å². The van der Waals surface area contributed by atoms with Gasteiger partial charge >= 0.3 is 6.03 Å². The summed E-state index contributed by atoms with van der Waals surface area (Å²) >= 11 is 0. The second-order valence-electron chi connectivity index (χ2n) is 6.10. The highest BCUT2D eigenvalue weighted by molar-refractivity contribution is 5.89. The van der Waals surface area contributed by atoms with Gasteiger partial charge in [0.25, 0.3) is 0 Å². The first kappa shape index (κ1) is 19.2. The number of hydrogen-bond donors (Lipinski definition) is 2. The number of carbonyl (C=O) groups excluding carboxylic acids is 1. The van der Waals surface area contributed by atoms with Gasteiger partial charge in [-0.2, -0.15) is 0 Å². The molecule has 2 amide bonds. The number of ether oxygens (including phenoxy) is 2. The zero-order chi connectivity index (χ0) is 19.9. The monoisotopic (exact) mass is 378 g/mol. The maximum Gasteiger partial charge on any atom is 0.319 e. The van der Waals surface area contributed by atoms with Gasteiger partial charge in [0, 0.05) is 29.7 Å². The fourth-order valence-corrected chi connectivity index (χ4v) is 2.64. The summed E-state index contributed by atoms with van der Waals surface area (Å²) < 4.78 is 10.5. The Morgan fingerprint density at radius 1 is 1.00 bits per heavy atom. The lowest BCUT2D eigenvalue weighted by Gasteiger charge is -2.11. The molecule has 0 atom stereocenters. The molecule has 1 heterocycles. The van der Waals surface area contributed by atoms with Crippen LogP contribution in [-0.2, 0) is 6.54 Å². The maximum absolute atomic E-state index is 12.2. The molecule has 0 fully saturated rings. The van der Waals surface area contributed by atoms with Crippen LogP contribution in [0.1, 0.15) is 11.3 Å². The molecular formula is C21H22N4O3. The van der Waals surface area contributed by atoms with Gasteiger partial charge in [-0.25, -0.2) is 14.8 Å². The largest absolute Gasteiger partial charge is 0.493 e. The number of amides is 2. The zero-order valence-corrected chi connectivity index (χ0v) is 16.0. The zero-order valence-electron chi connectivity index (χ0n) is 16.0. The minimum atomic E-state index is -0.297. The Bertz CT molecular complexity index is 958. The van der Waals surface area contributed by atoms with Crippen LogP contribution in [0.15, 0.2) is 54.7 Å². The number of aromatic nitrogens is 2. The topological polar surface area (TPSA) is 85.4 Å². The van der Waals surface area contributed by atoms with Crippen LogP contribution in [-0.4, -0.2) is 30.2 Å². The first-order valence-electron chi connectivity index (χ1n) is 8.75. The summed E-state index contributed by atoms with van der Waals surface area (Å²) in [5, 5.41) is 5.63. The van der Waals surface area contributed by atoms with Crippen molar-refractivity contribution in [3.8, 4) is 22.9 Å². The molecule has 0 aliphatic rings. The number of nitrogens with zero attached hydrogens (tertiary/aromatic N) is 2. The van der Waals surface area contributed by atoms with Crippen molar-refractivity contribution in [2.24, 2.45) is 0 Å². The summed E-state index contributed by atoms with van der Waals surface area (Å²) in [5.41, 5.74) is 3.38. The van der Waals surface area contributed by atoms with E-state index >= 15 is 0 Å². The van der Waals surface area contributed by atoms with E-state index in [2.05, 4.69) is 20.6 Å². The summed E-state index contributed by atoms with van der Waals surface area (Å²) in [6.07, 6.45) is 1.73. The molecule has 0 saturated carbocycles. The van der Waals surface area contributed by atoms with E-state index in [-0.39, 0.29) is 6.03 Å². The van der Waals surface area contributed by atoms with Crippen molar-refractivity contribution in [2.45, 2.75) is 13.5 Å². The number of hydrogen-bond acceptors (Lipinski definition) is 5.